The van der Waals surface area contributed by atoms with Crippen molar-refractivity contribution in [1.29, 1.82) is 0 Å². The number of hydrogen-bond donors (Lipinski definition) is 0. The average molecular weight is 203 g/mol. The van der Waals surface area contributed by atoms with Gasteiger partial charge in [0.15, 0.2) is 0 Å². The van der Waals surface area contributed by atoms with Gasteiger partial charge in [0.05, 0.1) is 0 Å². The summed E-state index contributed by atoms with van der Waals surface area (Å²) in [6.07, 6.45) is 3.62. The molecule has 0 N–H and O–H groups in total. The number of rotatable bonds is 2. The van der Waals surface area contributed by atoms with E-state index in [9.17, 15) is 0 Å². The maximum absolute atomic E-state index is 8.20. The van der Waals surface area contributed by atoms with Crippen LogP contribution in [0.1, 0.15) is 30.3 Å². The van der Waals surface area contributed by atoms with Crippen LogP contribution >= 0.6 is 0 Å². The van der Waals surface area contributed by atoms with E-state index >= 15 is 0 Å². The molecule has 2 aliphatic rings. The van der Waals surface area contributed by atoms with Crippen LogP contribution in [0.15, 0.2) is 36.4 Å². The van der Waals surface area contributed by atoms with Crippen molar-refractivity contribution >= 4 is 5.57 Å². The van der Waals surface area contributed by atoms with E-state index in [1.54, 1.807) is 6.08 Å². The van der Waals surface area contributed by atoms with Crippen LogP contribution in [-0.2, 0) is 0 Å². The van der Waals surface area contributed by atoms with E-state index in [-0.39, 0.29) is 12.5 Å². The van der Waals surface area contributed by atoms with Gasteiger partial charge in [0, 0.05) is 24.5 Å². The Kier molecular flexibility index (Phi) is 1.49. The molecule has 0 radical (unpaired) electrons. The first-order chi connectivity index (χ1) is 8.90. The van der Waals surface area contributed by atoms with Gasteiger partial charge in [-0.1, -0.05) is 36.4 Å². The fourth-order valence-electron chi connectivity index (χ4n) is 1.82. The highest BCUT2D eigenvalue weighted by molar-refractivity contribution is 5.66. The second kappa shape index (κ2) is 3.82. The molecular weight excluding hydrogens is 182 g/mol. The van der Waals surface area contributed by atoms with Crippen molar-refractivity contribution in [2.75, 3.05) is 13.0 Å². The van der Waals surface area contributed by atoms with E-state index in [4.69, 9.17) is 5.48 Å². The van der Waals surface area contributed by atoms with Crippen LogP contribution in [0.5, 0.6) is 0 Å². The lowest BCUT2D eigenvalue weighted by Gasteiger charge is -2.26. The monoisotopic (exact) mass is 203 g/mol. The quantitative estimate of drug-likeness (QED) is 0.714. The SMILES string of the molecule is [2H]C1([2H])C=C(c2ccccc2)CC([2H])([2H])N1C1CC1. The summed E-state index contributed by atoms with van der Waals surface area (Å²) in [6, 6.07) is 9.57. The molecule has 1 saturated carbocycles. The van der Waals surface area contributed by atoms with Gasteiger partial charge in [-0.3, -0.25) is 4.90 Å². The van der Waals surface area contributed by atoms with Crippen LogP contribution in [0, 0.1) is 0 Å². The third-order valence-electron chi connectivity index (χ3n) is 2.87. The minimum atomic E-state index is -1.71. The molecule has 1 heteroatoms. The third kappa shape index (κ3) is 1.98. The first-order valence-electron chi connectivity index (χ1n) is 7.47. The average Bonchev–Trinajstić information content (AvgIpc) is 3.11. The van der Waals surface area contributed by atoms with Gasteiger partial charge in [-0.25, -0.2) is 0 Å². The molecular formula is C14H17N. The maximum Gasteiger partial charge on any atom is 0.0475 e. The van der Waals surface area contributed by atoms with Gasteiger partial charge in [-0.05, 0) is 30.4 Å². The minimum Gasteiger partial charge on any atom is -0.296 e. The largest absolute Gasteiger partial charge is 0.296 e. The molecule has 1 aliphatic heterocycles. The van der Waals surface area contributed by atoms with Gasteiger partial charge in [-0.15, -0.1) is 0 Å². The smallest absolute Gasteiger partial charge is 0.0475 e. The lowest BCUT2D eigenvalue weighted by Crippen LogP contribution is -2.30. The Morgan fingerprint density at radius 1 is 1.20 bits per heavy atom. The Morgan fingerprint density at radius 2 is 2.00 bits per heavy atom. The number of benzene rings is 1. The summed E-state index contributed by atoms with van der Waals surface area (Å²) in [4.78, 5) is 1.41. The van der Waals surface area contributed by atoms with Gasteiger partial charge in [0.2, 0.25) is 0 Å². The Hall–Kier alpha value is -1.08. The highest BCUT2D eigenvalue weighted by atomic mass is 15.2. The summed E-state index contributed by atoms with van der Waals surface area (Å²) in [5.41, 5.74) is 1.66. The molecule has 0 spiro atoms. The zero-order valence-corrected chi connectivity index (χ0v) is 8.61. The summed E-state index contributed by atoms with van der Waals surface area (Å²) in [6.45, 7) is -3.33. The zero-order valence-electron chi connectivity index (χ0n) is 12.6. The predicted molar refractivity (Wildman–Crippen MR) is 63.6 cm³/mol. The second-order valence-corrected chi connectivity index (χ2v) is 4.10. The molecule has 1 fully saturated rings. The Morgan fingerprint density at radius 3 is 2.67 bits per heavy atom. The van der Waals surface area contributed by atoms with E-state index in [1.165, 1.54) is 4.90 Å². The fourth-order valence-corrected chi connectivity index (χ4v) is 1.82. The van der Waals surface area contributed by atoms with Crippen LogP contribution < -0.4 is 0 Å². The lowest BCUT2D eigenvalue weighted by atomic mass is 9.99. The van der Waals surface area contributed by atoms with Crippen molar-refractivity contribution in [3.05, 3.63) is 42.0 Å². The molecule has 0 aromatic heterocycles. The summed E-state index contributed by atoms with van der Waals surface area (Å²) in [5, 5.41) is 0. The fraction of sp³-hybridized carbons (Fsp3) is 0.429. The molecule has 1 aromatic rings. The molecule has 1 aromatic carbocycles. The Labute approximate surface area is 97.0 Å². The summed E-state index contributed by atoms with van der Waals surface area (Å²) >= 11 is 0. The highest BCUT2D eigenvalue weighted by Crippen LogP contribution is 2.31. The summed E-state index contributed by atoms with van der Waals surface area (Å²) in [5.74, 6) is 0. The number of hydrogen-bond acceptors (Lipinski definition) is 1. The normalized spacial score (nSPS) is 33.2. The predicted octanol–water partition coefficient (Wildman–Crippen LogP) is 2.94. The molecule has 0 amide bonds. The first kappa shape index (κ1) is 5.86. The summed E-state index contributed by atoms with van der Waals surface area (Å²) < 4.78 is 32.7. The first-order valence-corrected chi connectivity index (χ1v) is 5.47. The van der Waals surface area contributed by atoms with Crippen LogP contribution in [0.25, 0.3) is 5.57 Å². The number of nitrogens with zero attached hydrogens (tertiary/aromatic N) is 1. The molecule has 0 atom stereocenters. The van der Waals surface area contributed by atoms with Crippen molar-refractivity contribution in [3.8, 4) is 0 Å². The molecule has 0 bridgehead atoms. The van der Waals surface area contributed by atoms with Crippen molar-refractivity contribution < 1.29 is 5.48 Å². The standard InChI is InChI=1S/C14H17N/c1-2-4-12(5-3-1)13-8-10-15(11-9-13)14-6-7-14/h1-5,8,14H,6-7,9-11H2/i10D2,11D2. The zero-order chi connectivity index (χ0) is 13.7. The van der Waals surface area contributed by atoms with Gasteiger partial charge < -0.3 is 0 Å². The molecule has 0 saturated heterocycles. The molecule has 1 heterocycles. The molecule has 1 nitrogen and oxygen atoms in total. The van der Waals surface area contributed by atoms with Crippen LogP contribution in [0.3, 0.4) is 0 Å². The maximum atomic E-state index is 8.20. The van der Waals surface area contributed by atoms with Gasteiger partial charge in [-0.2, -0.15) is 0 Å². The van der Waals surface area contributed by atoms with Crippen LogP contribution in [-0.4, -0.2) is 23.9 Å². The molecule has 15 heavy (non-hydrogen) atoms. The van der Waals surface area contributed by atoms with E-state index in [0.29, 0.717) is 0 Å². The topological polar surface area (TPSA) is 3.24 Å². The van der Waals surface area contributed by atoms with Gasteiger partial charge in [0.1, 0.15) is 0 Å². The van der Waals surface area contributed by atoms with E-state index in [2.05, 4.69) is 0 Å². The van der Waals surface area contributed by atoms with Gasteiger partial charge >= 0.3 is 0 Å². The highest BCUT2D eigenvalue weighted by Gasteiger charge is 2.29. The molecule has 3 rings (SSSR count). The van der Waals surface area contributed by atoms with Crippen LogP contribution in [0.2, 0.25) is 0 Å². The molecule has 0 unspecified atom stereocenters. The van der Waals surface area contributed by atoms with E-state index in [1.807, 2.05) is 30.3 Å². The molecule has 78 valence electrons. The molecule has 1 aliphatic carbocycles. The van der Waals surface area contributed by atoms with Crippen molar-refractivity contribution in [3.63, 3.8) is 0 Å². The Balaban J connectivity index is 2.00. The van der Waals surface area contributed by atoms with Gasteiger partial charge in [0.25, 0.3) is 0 Å². The minimum absolute atomic E-state index is 0.0542. The van der Waals surface area contributed by atoms with Crippen molar-refractivity contribution in [2.24, 2.45) is 0 Å². The lowest BCUT2D eigenvalue weighted by molar-refractivity contribution is 0.291. The second-order valence-electron chi connectivity index (χ2n) is 4.10. The van der Waals surface area contributed by atoms with E-state index in [0.717, 1.165) is 24.0 Å². The van der Waals surface area contributed by atoms with E-state index < -0.39 is 13.0 Å². The third-order valence-corrected chi connectivity index (χ3v) is 2.87. The van der Waals surface area contributed by atoms with Crippen molar-refractivity contribution in [2.45, 2.75) is 25.3 Å². The Bertz CT molecular complexity index is 505. The summed E-state index contributed by atoms with van der Waals surface area (Å²) in [7, 11) is 0. The van der Waals surface area contributed by atoms with Crippen LogP contribution in [0.4, 0.5) is 0 Å². The van der Waals surface area contributed by atoms with Crippen molar-refractivity contribution in [1.82, 2.24) is 4.90 Å².